The molecule has 0 heteroatoms. The summed E-state index contributed by atoms with van der Waals surface area (Å²) in [6.07, 6.45) is 15.0. The molecule has 0 aliphatic heterocycles. The molecule has 2 aliphatic carbocycles. The lowest BCUT2D eigenvalue weighted by Crippen LogP contribution is -2.21. The summed E-state index contributed by atoms with van der Waals surface area (Å²) in [5.41, 5.74) is 0. The van der Waals surface area contributed by atoms with Crippen LogP contribution in [0, 0.1) is 17.8 Å². The largest absolute Gasteiger partial charge is 0.0882 e. The molecule has 74 valence electrons. The van der Waals surface area contributed by atoms with E-state index in [1.54, 1.807) is 0 Å². The molecule has 0 aromatic carbocycles. The van der Waals surface area contributed by atoms with E-state index in [0.29, 0.717) is 0 Å². The number of hydrogen-bond acceptors (Lipinski definition) is 0. The maximum atomic E-state index is 2.39. The summed E-state index contributed by atoms with van der Waals surface area (Å²) in [5.74, 6) is 3.14. The minimum Gasteiger partial charge on any atom is -0.0882 e. The van der Waals surface area contributed by atoms with Gasteiger partial charge in [0.25, 0.3) is 0 Å². The van der Waals surface area contributed by atoms with Gasteiger partial charge in [0.15, 0.2) is 0 Å². The van der Waals surface area contributed by atoms with E-state index in [1.807, 2.05) is 0 Å². The molecule has 2 atom stereocenters. The second-order valence-electron chi connectivity index (χ2n) is 4.90. The molecule has 0 radical (unpaired) electrons. The third-order valence-electron chi connectivity index (χ3n) is 4.11. The van der Waals surface area contributed by atoms with E-state index in [9.17, 15) is 0 Å². The van der Waals surface area contributed by atoms with Crippen LogP contribution in [0.5, 0.6) is 0 Å². The summed E-state index contributed by atoms with van der Waals surface area (Å²) in [5, 5.41) is 0. The van der Waals surface area contributed by atoms with Gasteiger partial charge in [-0.1, -0.05) is 44.8 Å². The fraction of sp³-hybridized carbons (Fsp3) is 0.846. The summed E-state index contributed by atoms with van der Waals surface area (Å²) in [7, 11) is 0. The molecule has 0 nitrogen and oxygen atoms in total. The molecule has 0 saturated heterocycles. The number of rotatable bonds is 2. The van der Waals surface area contributed by atoms with Crippen LogP contribution in [0.4, 0.5) is 0 Å². The first-order chi connectivity index (χ1) is 6.40. The molecule has 0 aromatic rings. The molecular weight excluding hydrogens is 156 g/mol. The second kappa shape index (κ2) is 4.30. The van der Waals surface area contributed by atoms with Crippen LogP contribution in [-0.2, 0) is 0 Å². The third kappa shape index (κ3) is 2.15. The van der Waals surface area contributed by atoms with Crippen LogP contribution in [-0.4, -0.2) is 0 Å². The minimum atomic E-state index is 1.02. The lowest BCUT2D eigenvalue weighted by molar-refractivity contribution is 0.197. The van der Waals surface area contributed by atoms with E-state index in [0.717, 1.165) is 17.8 Å². The highest BCUT2D eigenvalue weighted by atomic mass is 14.3. The van der Waals surface area contributed by atoms with Crippen LogP contribution < -0.4 is 0 Å². The molecule has 0 N–H and O–H groups in total. The lowest BCUT2D eigenvalue weighted by atomic mass is 9.73. The van der Waals surface area contributed by atoms with Gasteiger partial charge in [-0.05, 0) is 37.0 Å². The monoisotopic (exact) mass is 178 g/mol. The van der Waals surface area contributed by atoms with Crippen molar-refractivity contribution in [2.45, 2.75) is 51.9 Å². The van der Waals surface area contributed by atoms with E-state index >= 15 is 0 Å². The summed E-state index contributed by atoms with van der Waals surface area (Å²) in [6, 6.07) is 0. The molecule has 2 rings (SSSR count). The van der Waals surface area contributed by atoms with Crippen molar-refractivity contribution in [2.75, 3.05) is 0 Å². The Morgan fingerprint density at radius 3 is 2.54 bits per heavy atom. The quantitative estimate of drug-likeness (QED) is 0.557. The molecule has 1 fully saturated rings. The summed E-state index contributed by atoms with van der Waals surface area (Å²) in [6.45, 7) is 2.36. The Labute approximate surface area is 82.4 Å². The van der Waals surface area contributed by atoms with Crippen molar-refractivity contribution in [3.63, 3.8) is 0 Å². The van der Waals surface area contributed by atoms with Gasteiger partial charge >= 0.3 is 0 Å². The van der Waals surface area contributed by atoms with Gasteiger partial charge in [-0.15, -0.1) is 0 Å². The Bertz CT molecular complexity index is 172. The van der Waals surface area contributed by atoms with Gasteiger partial charge < -0.3 is 0 Å². The summed E-state index contributed by atoms with van der Waals surface area (Å²) < 4.78 is 0. The first kappa shape index (κ1) is 9.30. The standard InChI is InChI=1S/C13H22/c1-2-11-6-5-9-13(10-11)12-7-3-4-8-12/h3-4,11-13H,2,5-10H2,1H3. The highest BCUT2D eigenvalue weighted by Crippen LogP contribution is 2.39. The minimum absolute atomic E-state index is 1.02. The molecule has 2 aliphatic rings. The average Bonchev–Trinajstić information content (AvgIpc) is 2.71. The summed E-state index contributed by atoms with van der Waals surface area (Å²) >= 11 is 0. The van der Waals surface area contributed by atoms with E-state index < -0.39 is 0 Å². The van der Waals surface area contributed by atoms with Gasteiger partial charge in [0.05, 0.1) is 0 Å². The molecule has 2 unspecified atom stereocenters. The zero-order chi connectivity index (χ0) is 9.10. The number of hydrogen-bond donors (Lipinski definition) is 0. The first-order valence-corrected chi connectivity index (χ1v) is 6.05. The summed E-state index contributed by atoms with van der Waals surface area (Å²) in [4.78, 5) is 0. The van der Waals surface area contributed by atoms with Crippen molar-refractivity contribution in [1.29, 1.82) is 0 Å². The van der Waals surface area contributed by atoms with Crippen LogP contribution in [0.15, 0.2) is 12.2 Å². The van der Waals surface area contributed by atoms with Crippen molar-refractivity contribution >= 4 is 0 Å². The van der Waals surface area contributed by atoms with E-state index in [1.165, 1.54) is 44.9 Å². The molecule has 1 saturated carbocycles. The van der Waals surface area contributed by atoms with E-state index in [-0.39, 0.29) is 0 Å². The van der Waals surface area contributed by atoms with Crippen LogP contribution >= 0.6 is 0 Å². The molecule has 0 bridgehead atoms. The van der Waals surface area contributed by atoms with Gasteiger partial charge in [0.2, 0.25) is 0 Å². The van der Waals surface area contributed by atoms with Crippen LogP contribution in [0.25, 0.3) is 0 Å². The highest BCUT2D eigenvalue weighted by Gasteiger charge is 2.27. The van der Waals surface area contributed by atoms with Crippen molar-refractivity contribution in [3.05, 3.63) is 12.2 Å². The Morgan fingerprint density at radius 1 is 1.08 bits per heavy atom. The zero-order valence-corrected chi connectivity index (χ0v) is 8.84. The molecule has 0 heterocycles. The smallest absolute Gasteiger partial charge is 0.0316 e. The average molecular weight is 178 g/mol. The van der Waals surface area contributed by atoms with Gasteiger partial charge in [-0.3, -0.25) is 0 Å². The fourth-order valence-electron chi connectivity index (χ4n) is 3.15. The van der Waals surface area contributed by atoms with Crippen molar-refractivity contribution in [3.8, 4) is 0 Å². The van der Waals surface area contributed by atoms with Gasteiger partial charge in [0.1, 0.15) is 0 Å². The Hall–Kier alpha value is -0.260. The van der Waals surface area contributed by atoms with Crippen LogP contribution in [0.3, 0.4) is 0 Å². The first-order valence-electron chi connectivity index (χ1n) is 6.05. The molecular formula is C13H22. The van der Waals surface area contributed by atoms with Crippen molar-refractivity contribution in [1.82, 2.24) is 0 Å². The third-order valence-corrected chi connectivity index (χ3v) is 4.11. The predicted octanol–water partition coefficient (Wildman–Crippen LogP) is 4.17. The topological polar surface area (TPSA) is 0 Å². The molecule has 13 heavy (non-hydrogen) atoms. The normalized spacial score (nSPS) is 35.5. The predicted molar refractivity (Wildman–Crippen MR) is 57.6 cm³/mol. The van der Waals surface area contributed by atoms with Gasteiger partial charge in [0, 0.05) is 0 Å². The fourth-order valence-corrected chi connectivity index (χ4v) is 3.15. The van der Waals surface area contributed by atoms with Gasteiger partial charge in [-0.2, -0.15) is 0 Å². The van der Waals surface area contributed by atoms with Crippen LogP contribution in [0.2, 0.25) is 0 Å². The zero-order valence-electron chi connectivity index (χ0n) is 8.84. The Balaban J connectivity index is 1.85. The Kier molecular flexibility index (Phi) is 3.08. The maximum Gasteiger partial charge on any atom is -0.0316 e. The lowest BCUT2D eigenvalue weighted by Gasteiger charge is -2.32. The molecule has 0 spiro atoms. The SMILES string of the molecule is CCC1CCCC(C2CC=CC2)C1. The molecule has 0 aromatic heterocycles. The second-order valence-corrected chi connectivity index (χ2v) is 4.90. The maximum absolute atomic E-state index is 2.39. The number of allylic oxidation sites excluding steroid dienone is 2. The van der Waals surface area contributed by atoms with Gasteiger partial charge in [-0.25, -0.2) is 0 Å². The highest BCUT2D eigenvalue weighted by molar-refractivity contribution is 4.97. The van der Waals surface area contributed by atoms with E-state index in [2.05, 4.69) is 19.1 Å². The van der Waals surface area contributed by atoms with Crippen LogP contribution in [0.1, 0.15) is 51.9 Å². The van der Waals surface area contributed by atoms with Crippen molar-refractivity contribution < 1.29 is 0 Å². The van der Waals surface area contributed by atoms with E-state index in [4.69, 9.17) is 0 Å². The molecule has 0 amide bonds. The Morgan fingerprint density at radius 2 is 1.85 bits per heavy atom. The van der Waals surface area contributed by atoms with Crippen molar-refractivity contribution in [2.24, 2.45) is 17.8 Å².